The number of hydrogen-bond donors (Lipinski definition) is 0. The molecular weight excluding hydrogens is 386 g/mol. The molecule has 1 heterocycles. The van der Waals surface area contributed by atoms with Gasteiger partial charge in [0.05, 0.1) is 10.4 Å². The summed E-state index contributed by atoms with van der Waals surface area (Å²) < 4.78 is 79.9. The minimum Gasteiger partial charge on any atom is -0.205 e. The Morgan fingerprint density at radius 2 is 1.67 bits per heavy atom. The van der Waals surface area contributed by atoms with E-state index in [1.807, 2.05) is 13.0 Å². The van der Waals surface area contributed by atoms with Gasteiger partial charge in [-0.05, 0) is 30.2 Å². The summed E-state index contributed by atoms with van der Waals surface area (Å²) in [6, 6.07) is 6.83. The predicted molar refractivity (Wildman–Crippen MR) is 94.1 cm³/mol. The van der Waals surface area contributed by atoms with Crippen LogP contribution in [0.3, 0.4) is 0 Å². The van der Waals surface area contributed by atoms with E-state index in [1.54, 1.807) is 12.1 Å². The van der Waals surface area contributed by atoms with Gasteiger partial charge in [0.1, 0.15) is 17.5 Å². The second-order valence-corrected chi connectivity index (χ2v) is 6.94. The lowest BCUT2D eigenvalue weighted by atomic mass is 10.1. The topological polar surface area (TPSA) is 0 Å². The van der Waals surface area contributed by atoms with Crippen LogP contribution < -0.4 is 0 Å². The average molecular weight is 398 g/mol. The first kappa shape index (κ1) is 19.3. The fourth-order valence-electron chi connectivity index (χ4n) is 2.70. The third kappa shape index (κ3) is 4.11. The van der Waals surface area contributed by atoms with Gasteiger partial charge in [0.25, 0.3) is 0 Å². The molecule has 3 aromatic rings. The maximum Gasteiger partial charge on any atom is 0.458 e. The number of rotatable bonds is 3. The van der Waals surface area contributed by atoms with Crippen molar-refractivity contribution in [2.24, 2.45) is 0 Å². The highest BCUT2D eigenvalue weighted by Gasteiger charge is 2.24. The Bertz CT molecular complexity index is 1040. The van der Waals surface area contributed by atoms with Gasteiger partial charge in [0, 0.05) is 21.6 Å². The number of benzene rings is 2. The largest absolute Gasteiger partial charge is 0.458 e. The molecule has 7 heteroatoms. The molecule has 0 aliphatic heterocycles. The van der Waals surface area contributed by atoms with Crippen molar-refractivity contribution in [3.63, 3.8) is 0 Å². The van der Waals surface area contributed by atoms with Crippen molar-refractivity contribution in [1.29, 1.82) is 0 Å². The monoisotopic (exact) mass is 398 g/mol. The minimum atomic E-state index is -4.87. The maximum atomic E-state index is 14.7. The van der Waals surface area contributed by atoms with E-state index in [4.69, 9.17) is 0 Å². The number of halogens is 6. The standard InChI is InChI=1S/C20H12F6S/c1-2-3-11-4-5-14-17(8-11)27-19(18(14)23)12-9-15(21)13(16(22)10-12)6-7-20(24,25)26/h4-5,8-10H,2-3H2,1H3. The van der Waals surface area contributed by atoms with Crippen molar-refractivity contribution >= 4 is 21.4 Å². The zero-order chi connectivity index (χ0) is 19.8. The summed E-state index contributed by atoms with van der Waals surface area (Å²) in [6.07, 6.45) is -3.13. The van der Waals surface area contributed by atoms with Crippen LogP contribution in [0.2, 0.25) is 0 Å². The number of alkyl halides is 3. The van der Waals surface area contributed by atoms with E-state index < -0.39 is 29.2 Å². The van der Waals surface area contributed by atoms with Gasteiger partial charge in [0.15, 0.2) is 0 Å². The molecule has 0 aliphatic rings. The van der Waals surface area contributed by atoms with Crippen LogP contribution in [-0.2, 0) is 6.42 Å². The molecule has 27 heavy (non-hydrogen) atoms. The van der Waals surface area contributed by atoms with Gasteiger partial charge in [-0.2, -0.15) is 13.2 Å². The van der Waals surface area contributed by atoms with E-state index in [0.717, 1.165) is 47.8 Å². The SMILES string of the molecule is CCCc1ccc2c(F)c(-c3cc(F)c(C#CC(F)(F)F)c(F)c3)sc2c1. The number of fused-ring (bicyclic) bond motifs is 1. The van der Waals surface area contributed by atoms with Crippen molar-refractivity contribution in [1.82, 2.24) is 0 Å². The quantitative estimate of drug-likeness (QED) is 0.334. The lowest BCUT2D eigenvalue weighted by Crippen LogP contribution is -2.02. The number of thiophene rings is 1. The Morgan fingerprint density at radius 1 is 1.00 bits per heavy atom. The van der Waals surface area contributed by atoms with E-state index in [9.17, 15) is 26.3 Å². The first-order valence-corrected chi connectivity index (χ1v) is 8.81. The molecule has 0 bridgehead atoms. The van der Waals surface area contributed by atoms with Crippen LogP contribution in [-0.4, -0.2) is 6.18 Å². The lowest BCUT2D eigenvalue weighted by Gasteiger charge is -2.03. The van der Waals surface area contributed by atoms with Crippen LogP contribution >= 0.6 is 11.3 Å². The van der Waals surface area contributed by atoms with Gasteiger partial charge >= 0.3 is 6.18 Å². The molecule has 0 saturated heterocycles. The molecule has 2 aromatic carbocycles. The molecule has 0 aliphatic carbocycles. The van der Waals surface area contributed by atoms with Gasteiger partial charge in [-0.15, -0.1) is 11.3 Å². The summed E-state index contributed by atoms with van der Waals surface area (Å²) in [6.45, 7) is 2.01. The Kier molecular flexibility index (Phi) is 5.20. The van der Waals surface area contributed by atoms with Crippen molar-refractivity contribution in [3.05, 3.63) is 58.9 Å². The van der Waals surface area contributed by atoms with E-state index >= 15 is 0 Å². The number of aryl methyl sites for hydroxylation is 1. The summed E-state index contributed by atoms with van der Waals surface area (Å²) in [5, 5.41) is 0.330. The Labute approximate surface area is 155 Å². The summed E-state index contributed by atoms with van der Waals surface area (Å²) in [5.74, 6) is -0.889. The Morgan fingerprint density at radius 3 is 2.26 bits per heavy atom. The third-order valence-electron chi connectivity index (χ3n) is 3.87. The lowest BCUT2D eigenvalue weighted by molar-refractivity contribution is -0.0696. The highest BCUT2D eigenvalue weighted by Crippen LogP contribution is 2.38. The zero-order valence-electron chi connectivity index (χ0n) is 14.0. The third-order valence-corrected chi connectivity index (χ3v) is 5.04. The number of hydrogen-bond acceptors (Lipinski definition) is 1. The smallest absolute Gasteiger partial charge is 0.205 e. The van der Waals surface area contributed by atoms with Gasteiger partial charge in [0.2, 0.25) is 0 Å². The molecule has 0 N–H and O–H groups in total. The second kappa shape index (κ2) is 7.28. The summed E-state index contributed by atoms with van der Waals surface area (Å²) >= 11 is 1.03. The summed E-state index contributed by atoms with van der Waals surface area (Å²) in [4.78, 5) is 0.0202. The fraction of sp³-hybridized carbons (Fsp3) is 0.200. The van der Waals surface area contributed by atoms with Crippen LogP contribution in [0.25, 0.3) is 20.5 Å². The van der Waals surface area contributed by atoms with E-state index in [-0.39, 0.29) is 10.4 Å². The molecular formula is C20H12F6S. The van der Waals surface area contributed by atoms with Crippen LogP contribution in [0, 0.1) is 29.3 Å². The molecule has 0 saturated carbocycles. The van der Waals surface area contributed by atoms with Crippen LogP contribution in [0.1, 0.15) is 24.5 Å². The molecule has 0 amide bonds. The van der Waals surface area contributed by atoms with Gasteiger partial charge in [-0.3, -0.25) is 0 Å². The normalized spacial score (nSPS) is 11.5. The molecule has 0 fully saturated rings. The van der Waals surface area contributed by atoms with Gasteiger partial charge < -0.3 is 0 Å². The van der Waals surface area contributed by atoms with Gasteiger partial charge in [-0.25, -0.2) is 13.2 Å². The Hall–Kier alpha value is -2.46. The molecule has 1 aromatic heterocycles. The van der Waals surface area contributed by atoms with Crippen molar-refractivity contribution in [2.45, 2.75) is 25.9 Å². The van der Waals surface area contributed by atoms with Crippen molar-refractivity contribution in [3.8, 4) is 22.3 Å². The molecule has 0 spiro atoms. The summed E-state index contributed by atoms with van der Waals surface area (Å²) in [7, 11) is 0. The first-order valence-electron chi connectivity index (χ1n) is 8.00. The summed E-state index contributed by atoms with van der Waals surface area (Å²) in [5.41, 5.74) is -0.0611. The maximum absolute atomic E-state index is 14.7. The highest BCUT2D eigenvalue weighted by molar-refractivity contribution is 7.22. The molecule has 140 valence electrons. The molecule has 0 unspecified atom stereocenters. The van der Waals surface area contributed by atoms with E-state index in [1.165, 1.54) is 5.92 Å². The van der Waals surface area contributed by atoms with Crippen LogP contribution in [0.15, 0.2) is 30.3 Å². The first-order chi connectivity index (χ1) is 12.7. The highest BCUT2D eigenvalue weighted by atomic mass is 32.1. The molecule has 0 radical (unpaired) electrons. The average Bonchev–Trinajstić information content (AvgIpc) is 2.89. The molecule has 3 rings (SSSR count). The fourth-order valence-corrected chi connectivity index (χ4v) is 3.83. The zero-order valence-corrected chi connectivity index (χ0v) is 14.8. The van der Waals surface area contributed by atoms with Crippen molar-refractivity contribution < 1.29 is 26.3 Å². The Balaban J connectivity index is 2.08. The minimum absolute atomic E-state index is 0.0202. The van der Waals surface area contributed by atoms with E-state index in [2.05, 4.69) is 0 Å². The predicted octanol–water partition coefficient (Wildman–Crippen LogP) is 6.85. The van der Waals surface area contributed by atoms with Gasteiger partial charge in [-0.1, -0.05) is 31.4 Å². The second-order valence-electron chi connectivity index (χ2n) is 5.89. The van der Waals surface area contributed by atoms with Crippen molar-refractivity contribution in [2.75, 3.05) is 0 Å². The molecule has 0 atom stereocenters. The van der Waals surface area contributed by atoms with E-state index in [0.29, 0.717) is 10.1 Å². The molecule has 0 nitrogen and oxygen atoms in total. The van der Waals surface area contributed by atoms with Crippen LogP contribution in [0.4, 0.5) is 26.3 Å². The van der Waals surface area contributed by atoms with Crippen LogP contribution in [0.5, 0.6) is 0 Å².